The van der Waals surface area contributed by atoms with Crippen LogP contribution in [0.2, 0.25) is 0 Å². The summed E-state index contributed by atoms with van der Waals surface area (Å²) in [6.45, 7) is 2.05. The zero-order valence-corrected chi connectivity index (χ0v) is 11.3. The lowest BCUT2D eigenvalue weighted by molar-refractivity contribution is 0.297. The van der Waals surface area contributed by atoms with Gasteiger partial charge in [-0.15, -0.1) is 0 Å². The summed E-state index contributed by atoms with van der Waals surface area (Å²) in [5, 5.41) is 0. The minimum Gasteiger partial charge on any atom is -0.315 e. The molecule has 2 N–H and O–H groups in total. The second kappa shape index (κ2) is 4.91. The Morgan fingerprint density at radius 1 is 1.47 bits per heavy atom. The van der Waals surface area contributed by atoms with E-state index in [9.17, 15) is 13.2 Å². The Bertz CT molecular complexity index is 540. The highest BCUT2D eigenvalue weighted by molar-refractivity contribution is 7.91. The van der Waals surface area contributed by atoms with E-state index in [1.54, 1.807) is 6.92 Å². The first kappa shape index (κ1) is 12.8. The molecule has 0 amide bonds. The van der Waals surface area contributed by atoms with Crippen LogP contribution in [-0.4, -0.2) is 19.9 Å². The van der Waals surface area contributed by atoms with Crippen LogP contribution >= 0.6 is 11.3 Å². The molecule has 0 atom stereocenters. The monoisotopic (exact) mass is 276 g/mol. The molecule has 0 bridgehead atoms. The molecular weight excluding hydrogens is 260 g/mol. The van der Waals surface area contributed by atoms with Crippen molar-refractivity contribution in [2.24, 2.45) is 5.92 Å². The van der Waals surface area contributed by atoms with Crippen molar-refractivity contribution in [2.75, 3.05) is 6.54 Å². The summed E-state index contributed by atoms with van der Waals surface area (Å²) in [5.41, 5.74) is 0.413. The standard InChI is InChI=1S/C10H16N2O3S2/c1-7-9(16-10(13)12-7)17(14,15)11-6-5-8-3-2-4-8/h8,11H,2-6H2,1H3,(H,12,13). The fraction of sp³-hybridized carbons (Fsp3) is 0.700. The van der Waals surface area contributed by atoms with Crippen LogP contribution < -0.4 is 9.60 Å². The van der Waals surface area contributed by atoms with E-state index >= 15 is 0 Å². The second-order valence-electron chi connectivity index (χ2n) is 4.41. The lowest BCUT2D eigenvalue weighted by atomic mass is 9.83. The summed E-state index contributed by atoms with van der Waals surface area (Å²) in [6.07, 6.45) is 4.56. The predicted octanol–water partition coefficient (Wildman–Crippen LogP) is 1.21. The van der Waals surface area contributed by atoms with Crippen molar-refractivity contribution >= 4 is 21.4 Å². The average Bonchev–Trinajstić information content (AvgIpc) is 2.50. The first-order valence-corrected chi connectivity index (χ1v) is 7.98. The number of nitrogens with one attached hydrogen (secondary N) is 2. The van der Waals surface area contributed by atoms with Gasteiger partial charge in [-0.1, -0.05) is 30.6 Å². The molecule has 1 aromatic rings. The molecule has 0 aliphatic heterocycles. The van der Waals surface area contributed by atoms with Crippen LogP contribution in [-0.2, 0) is 10.0 Å². The zero-order valence-electron chi connectivity index (χ0n) is 9.65. The maximum Gasteiger partial charge on any atom is 0.305 e. The number of aromatic amines is 1. The summed E-state index contributed by atoms with van der Waals surface area (Å²) >= 11 is 0.738. The van der Waals surface area contributed by atoms with Gasteiger partial charge in [0.25, 0.3) is 10.0 Å². The number of hydrogen-bond acceptors (Lipinski definition) is 4. The van der Waals surface area contributed by atoms with Gasteiger partial charge < -0.3 is 4.98 Å². The first-order chi connectivity index (χ1) is 7.99. The van der Waals surface area contributed by atoms with Gasteiger partial charge in [-0.3, -0.25) is 4.79 Å². The summed E-state index contributed by atoms with van der Waals surface area (Å²) < 4.78 is 26.4. The zero-order chi connectivity index (χ0) is 12.5. The summed E-state index contributed by atoms with van der Waals surface area (Å²) in [7, 11) is -3.51. The summed E-state index contributed by atoms with van der Waals surface area (Å²) in [5.74, 6) is 0.670. The van der Waals surface area contributed by atoms with E-state index < -0.39 is 10.0 Å². The van der Waals surface area contributed by atoms with Crippen LogP contribution in [0.1, 0.15) is 31.4 Å². The summed E-state index contributed by atoms with van der Waals surface area (Å²) in [4.78, 5) is 13.2. The van der Waals surface area contributed by atoms with Crippen molar-refractivity contribution in [2.45, 2.75) is 36.8 Å². The minimum absolute atomic E-state index is 0.108. The lowest BCUT2D eigenvalue weighted by Crippen LogP contribution is -2.27. The maximum atomic E-state index is 11.9. The Hall–Kier alpha value is -0.660. The van der Waals surface area contributed by atoms with Gasteiger partial charge in [-0.05, 0) is 19.3 Å². The number of hydrogen-bond donors (Lipinski definition) is 2. The van der Waals surface area contributed by atoms with Gasteiger partial charge in [-0.25, -0.2) is 13.1 Å². The molecule has 2 rings (SSSR count). The van der Waals surface area contributed by atoms with Crippen LogP contribution in [0.4, 0.5) is 0 Å². The molecule has 0 saturated heterocycles. The Morgan fingerprint density at radius 2 is 2.18 bits per heavy atom. The summed E-state index contributed by atoms with van der Waals surface area (Å²) in [6, 6.07) is 0. The van der Waals surface area contributed by atoms with E-state index in [2.05, 4.69) is 9.71 Å². The number of aromatic nitrogens is 1. The largest absolute Gasteiger partial charge is 0.315 e. The highest BCUT2D eigenvalue weighted by atomic mass is 32.2. The third-order valence-electron chi connectivity index (χ3n) is 3.09. The van der Waals surface area contributed by atoms with Crippen molar-refractivity contribution in [3.63, 3.8) is 0 Å². The van der Waals surface area contributed by atoms with Crippen LogP contribution in [0, 0.1) is 12.8 Å². The molecule has 5 nitrogen and oxygen atoms in total. The van der Waals surface area contributed by atoms with Crippen molar-refractivity contribution < 1.29 is 8.42 Å². The number of sulfonamides is 1. The molecule has 0 radical (unpaired) electrons. The molecular formula is C10H16N2O3S2. The Balaban J connectivity index is 1.98. The molecule has 0 unspecified atom stereocenters. The van der Waals surface area contributed by atoms with E-state index in [1.165, 1.54) is 19.3 Å². The van der Waals surface area contributed by atoms with Crippen LogP contribution in [0.5, 0.6) is 0 Å². The number of rotatable bonds is 5. The van der Waals surface area contributed by atoms with Crippen molar-refractivity contribution in [1.29, 1.82) is 0 Å². The first-order valence-electron chi connectivity index (χ1n) is 5.68. The smallest absolute Gasteiger partial charge is 0.305 e. The molecule has 1 aromatic heterocycles. The van der Waals surface area contributed by atoms with Gasteiger partial charge in [0, 0.05) is 12.2 Å². The van der Waals surface area contributed by atoms with E-state index in [4.69, 9.17) is 0 Å². The van der Waals surface area contributed by atoms with Crippen LogP contribution in [0.3, 0.4) is 0 Å². The topological polar surface area (TPSA) is 79.0 Å². The van der Waals surface area contributed by atoms with Crippen LogP contribution in [0.25, 0.3) is 0 Å². The maximum absolute atomic E-state index is 11.9. The molecule has 0 spiro atoms. The van der Waals surface area contributed by atoms with E-state index in [0.29, 0.717) is 18.2 Å². The van der Waals surface area contributed by atoms with Crippen molar-refractivity contribution in [3.8, 4) is 0 Å². The molecule has 17 heavy (non-hydrogen) atoms. The lowest BCUT2D eigenvalue weighted by Gasteiger charge is -2.24. The molecule has 1 aliphatic rings. The quantitative estimate of drug-likeness (QED) is 0.848. The van der Waals surface area contributed by atoms with Gasteiger partial charge in [0.1, 0.15) is 0 Å². The predicted molar refractivity (Wildman–Crippen MR) is 66.8 cm³/mol. The third-order valence-corrected chi connectivity index (χ3v) is 6.16. The average molecular weight is 276 g/mol. The SMILES string of the molecule is Cc1[nH]c(=O)sc1S(=O)(=O)NCCC1CCC1. The van der Waals surface area contributed by atoms with Crippen LogP contribution in [0.15, 0.2) is 9.00 Å². The van der Waals surface area contributed by atoms with Gasteiger partial charge in [0.2, 0.25) is 0 Å². The highest BCUT2D eigenvalue weighted by Crippen LogP contribution is 2.29. The number of aryl methyl sites for hydroxylation is 1. The van der Waals surface area contributed by atoms with Gasteiger partial charge >= 0.3 is 4.87 Å². The van der Waals surface area contributed by atoms with Gasteiger partial charge in [-0.2, -0.15) is 0 Å². The fourth-order valence-corrected chi connectivity index (χ4v) is 4.28. The van der Waals surface area contributed by atoms with Gasteiger partial charge in [0.05, 0.1) is 0 Å². The molecule has 1 saturated carbocycles. The number of thiazole rings is 1. The van der Waals surface area contributed by atoms with Gasteiger partial charge in [0.15, 0.2) is 4.21 Å². The van der Waals surface area contributed by atoms with E-state index in [-0.39, 0.29) is 9.08 Å². The fourth-order valence-electron chi connectivity index (χ4n) is 1.89. The Labute approximate surface area is 104 Å². The minimum atomic E-state index is -3.51. The Kier molecular flexibility index (Phi) is 3.70. The molecule has 7 heteroatoms. The molecule has 1 fully saturated rings. The second-order valence-corrected chi connectivity index (χ2v) is 7.36. The molecule has 0 aromatic carbocycles. The molecule has 1 heterocycles. The molecule has 96 valence electrons. The number of H-pyrrole nitrogens is 1. The normalized spacial score (nSPS) is 17.0. The van der Waals surface area contributed by atoms with E-state index in [0.717, 1.165) is 17.8 Å². The van der Waals surface area contributed by atoms with E-state index in [1.807, 2.05) is 0 Å². The highest BCUT2D eigenvalue weighted by Gasteiger charge is 2.22. The Morgan fingerprint density at radius 3 is 2.65 bits per heavy atom. The third kappa shape index (κ3) is 2.97. The van der Waals surface area contributed by atoms with Crippen molar-refractivity contribution in [3.05, 3.63) is 15.4 Å². The van der Waals surface area contributed by atoms with Crippen molar-refractivity contribution in [1.82, 2.24) is 9.71 Å². The molecule has 1 aliphatic carbocycles.